The number of ether oxygens (including phenoxy) is 1. The summed E-state index contributed by atoms with van der Waals surface area (Å²) < 4.78 is 6.32. The predicted molar refractivity (Wildman–Crippen MR) is 90.4 cm³/mol. The van der Waals surface area contributed by atoms with E-state index in [1.165, 1.54) is 23.1 Å². The molecule has 0 fully saturated rings. The van der Waals surface area contributed by atoms with Crippen LogP contribution >= 0.6 is 0 Å². The van der Waals surface area contributed by atoms with Crippen LogP contribution in [0.3, 0.4) is 0 Å². The highest BCUT2D eigenvalue weighted by molar-refractivity contribution is 5.97. The van der Waals surface area contributed by atoms with Crippen molar-refractivity contribution in [2.45, 2.75) is 20.3 Å². The molecule has 26 heavy (non-hydrogen) atoms. The van der Waals surface area contributed by atoms with Crippen molar-refractivity contribution < 1.29 is 19.1 Å². The lowest BCUT2D eigenvalue weighted by Crippen LogP contribution is -2.41. The summed E-state index contributed by atoms with van der Waals surface area (Å²) in [4.78, 5) is 35.0. The summed E-state index contributed by atoms with van der Waals surface area (Å²) >= 11 is 0. The standard InChI is InChI=1S/C16H20N6O4/c1-11(2)7-8-17-16(25)19-14(23)9-26-15(24)12-3-5-13(6-4-12)22-10-18-20-21-22/h3-6,10-11H,7-9H2,1-2H3,(H2,17,19,23,25). The Labute approximate surface area is 149 Å². The number of esters is 1. The van der Waals surface area contributed by atoms with E-state index >= 15 is 0 Å². The first kappa shape index (κ1) is 19.0. The molecule has 2 aromatic rings. The van der Waals surface area contributed by atoms with Crippen LogP contribution in [0.1, 0.15) is 30.6 Å². The van der Waals surface area contributed by atoms with Crippen molar-refractivity contribution in [3.05, 3.63) is 36.2 Å². The quantitative estimate of drug-likeness (QED) is 0.695. The Morgan fingerprint density at radius 2 is 1.92 bits per heavy atom. The summed E-state index contributed by atoms with van der Waals surface area (Å²) in [5.74, 6) is -0.937. The molecular formula is C16H20N6O4. The maximum Gasteiger partial charge on any atom is 0.338 e. The van der Waals surface area contributed by atoms with Gasteiger partial charge in [0, 0.05) is 6.54 Å². The highest BCUT2D eigenvalue weighted by Gasteiger charge is 2.12. The first-order chi connectivity index (χ1) is 12.5. The average molecular weight is 360 g/mol. The number of tetrazole rings is 1. The number of carbonyl (C=O) groups excluding carboxylic acids is 3. The third-order valence-electron chi connectivity index (χ3n) is 3.31. The Hall–Kier alpha value is -3.30. The van der Waals surface area contributed by atoms with Crippen molar-refractivity contribution in [2.75, 3.05) is 13.2 Å². The average Bonchev–Trinajstić information content (AvgIpc) is 3.14. The summed E-state index contributed by atoms with van der Waals surface area (Å²) in [5.41, 5.74) is 0.929. The van der Waals surface area contributed by atoms with Crippen LogP contribution in [0.5, 0.6) is 0 Å². The van der Waals surface area contributed by atoms with E-state index in [1.807, 2.05) is 13.8 Å². The van der Waals surface area contributed by atoms with Gasteiger partial charge in [-0.25, -0.2) is 14.3 Å². The molecule has 0 spiro atoms. The van der Waals surface area contributed by atoms with Gasteiger partial charge in [0.2, 0.25) is 0 Å². The van der Waals surface area contributed by atoms with Gasteiger partial charge in [0.05, 0.1) is 11.3 Å². The number of carbonyl (C=O) groups is 3. The molecular weight excluding hydrogens is 340 g/mol. The molecule has 0 aliphatic rings. The number of benzene rings is 1. The molecule has 2 N–H and O–H groups in total. The molecule has 1 heterocycles. The van der Waals surface area contributed by atoms with Crippen molar-refractivity contribution in [3.8, 4) is 5.69 Å². The van der Waals surface area contributed by atoms with E-state index in [1.54, 1.807) is 12.1 Å². The van der Waals surface area contributed by atoms with Crippen LogP contribution in [0.4, 0.5) is 4.79 Å². The van der Waals surface area contributed by atoms with Gasteiger partial charge >= 0.3 is 12.0 Å². The number of urea groups is 1. The zero-order chi connectivity index (χ0) is 18.9. The van der Waals surface area contributed by atoms with Gasteiger partial charge in [-0.15, -0.1) is 5.10 Å². The lowest BCUT2D eigenvalue weighted by atomic mass is 10.1. The van der Waals surface area contributed by atoms with Crippen molar-refractivity contribution in [1.82, 2.24) is 30.8 Å². The molecule has 1 aromatic heterocycles. The molecule has 1 aromatic carbocycles. The summed E-state index contributed by atoms with van der Waals surface area (Å²) in [6.07, 6.45) is 2.22. The maximum atomic E-state index is 11.9. The van der Waals surface area contributed by atoms with Gasteiger partial charge in [-0.05, 0) is 47.0 Å². The van der Waals surface area contributed by atoms with Crippen LogP contribution in [-0.2, 0) is 9.53 Å². The number of hydrogen-bond acceptors (Lipinski definition) is 7. The van der Waals surface area contributed by atoms with E-state index in [0.29, 0.717) is 18.2 Å². The van der Waals surface area contributed by atoms with E-state index in [2.05, 4.69) is 26.2 Å². The van der Waals surface area contributed by atoms with Crippen molar-refractivity contribution in [2.24, 2.45) is 5.92 Å². The second kappa shape index (κ2) is 9.25. The van der Waals surface area contributed by atoms with Crippen LogP contribution in [0.15, 0.2) is 30.6 Å². The van der Waals surface area contributed by atoms with Gasteiger partial charge in [-0.2, -0.15) is 0 Å². The van der Waals surface area contributed by atoms with Crippen LogP contribution in [0.25, 0.3) is 5.69 Å². The highest BCUT2D eigenvalue weighted by Crippen LogP contribution is 2.08. The number of rotatable bonds is 7. The molecule has 0 aliphatic heterocycles. The van der Waals surface area contributed by atoms with Gasteiger partial charge in [0.15, 0.2) is 6.61 Å². The zero-order valence-corrected chi connectivity index (χ0v) is 14.5. The number of nitrogens with zero attached hydrogens (tertiary/aromatic N) is 4. The van der Waals surface area contributed by atoms with E-state index in [0.717, 1.165) is 6.42 Å². The summed E-state index contributed by atoms with van der Waals surface area (Å²) in [6.45, 7) is 3.97. The van der Waals surface area contributed by atoms with Crippen molar-refractivity contribution >= 4 is 17.9 Å². The normalized spacial score (nSPS) is 10.4. The van der Waals surface area contributed by atoms with Crippen LogP contribution in [0.2, 0.25) is 0 Å². The number of aromatic nitrogens is 4. The molecule has 0 aliphatic carbocycles. The molecule has 0 saturated carbocycles. The molecule has 3 amide bonds. The van der Waals surface area contributed by atoms with Crippen LogP contribution in [-0.4, -0.2) is 51.3 Å². The molecule has 0 unspecified atom stereocenters. The number of hydrogen-bond donors (Lipinski definition) is 2. The Morgan fingerprint density at radius 1 is 1.19 bits per heavy atom. The lowest BCUT2D eigenvalue weighted by molar-refractivity contribution is -0.123. The first-order valence-electron chi connectivity index (χ1n) is 8.04. The van der Waals surface area contributed by atoms with Gasteiger partial charge in [-0.3, -0.25) is 10.1 Å². The minimum absolute atomic E-state index is 0.260. The van der Waals surface area contributed by atoms with E-state index in [9.17, 15) is 14.4 Å². The van der Waals surface area contributed by atoms with E-state index in [4.69, 9.17) is 4.74 Å². The smallest absolute Gasteiger partial charge is 0.338 e. The molecule has 10 nitrogen and oxygen atoms in total. The molecule has 0 radical (unpaired) electrons. The Morgan fingerprint density at radius 3 is 2.54 bits per heavy atom. The van der Waals surface area contributed by atoms with E-state index < -0.39 is 24.5 Å². The number of nitrogens with one attached hydrogen (secondary N) is 2. The highest BCUT2D eigenvalue weighted by atomic mass is 16.5. The minimum atomic E-state index is -0.703. The van der Waals surface area contributed by atoms with Crippen LogP contribution < -0.4 is 10.6 Å². The van der Waals surface area contributed by atoms with Crippen LogP contribution in [0, 0.1) is 5.92 Å². The molecule has 2 rings (SSSR count). The Balaban J connectivity index is 1.75. The largest absolute Gasteiger partial charge is 0.452 e. The summed E-state index contributed by atoms with van der Waals surface area (Å²) in [5, 5.41) is 15.4. The Bertz CT molecular complexity index is 743. The van der Waals surface area contributed by atoms with Gasteiger partial charge < -0.3 is 10.1 Å². The van der Waals surface area contributed by atoms with Gasteiger partial charge in [0.1, 0.15) is 6.33 Å². The monoisotopic (exact) mass is 360 g/mol. The summed E-state index contributed by atoms with van der Waals surface area (Å²) in [7, 11) is 0. The fourth-order valence-corrected chi connectivity index (χ4v) is 1.93. The van der Waals surface area contributed by atoms with Crippen molar-refractivity contribution in [1.29, 1.82) is 0 Å². The van der Waals surface area contributed by atoms with Crippen molar-refractivity contribution in [3.63, 3.8) is 0 Å². The topological polar surface area (TPSA) is 128 Å². The third kappa shape index (κ3) is 5.96. The van der Waals surface area contributed by atoms with Gasteiger partial charge in [-0.1, -0.05) is 13.8 Å². The van der Waals surface area contributed by atoms with Gasteiger partial charge in [0.25, 0.3) is 5.91 Å². The second-order valence-corrected chi connectivity index (χ2v) is 5.86. The maximum absolute atomic E-state index is 11.9. The summed E-state index contributed by atoms with van der Waals surface area (Å²) in [6, 6.07) is 5.70. The zero-order valence-electron chi connectivity index (χ0n) is 14.5. The van der Waals surface area contributed by atoms with E-state index in [-0.39, 0.29) is 5.56 Å². The fraction of sp³-hybridized carbons (Fsp3) is 0.375. The molecule has 0 bridgehead atoms. The second-order valence-electron chi connectivity index (χ2n) is 5.86. The lowest BCUT2D eigenvalue weighted by Gasteiger charge is -2.08. The molecule has 0 saturated heterocycles. The fourth-order valence-electron chi connectivity index (χ4n) is 1.93. The number of imide groups is 1. The SMILES string of the molecule is CC(C)CCNC(=O)NC(=O)COC(=O)c1ccc(-n2cnnn2)cc1. The first-order valence-corrected chi connectivity index (χ1v) is 8.04. The predicted octanol–water partition coefficient (Wildman–Crippen LogP) is 0.691. The minimum Gasteiger partial charge on any atom is -0.452 e. The molecule has 0 atom stereocenters. The number of amides is 3. The Kier molecular flexibility index (Phi) is 6.77. The molecule has 10 heteroatoms. The third-order valence-corrected chi connectivity index (χ3v) is 3.31. The molecule has 138 valence electrons.